The van der Waals surface area contributed by atoms with Crippen molar-refractivity contribution < 1.29 is 9.50 Å². The number of nitrogens with zero attached hydrogens (tertiary/aromatic N) is 4. The first-order chi connectivity index (χ1) is 12.0. The highest BCUT2D eigenvalue weighted by molar-refractivity contribution is 5.76. The Balaban J connectivity index is 1.63. The maximum absolute atomic E-state index is 13.8. The van der Waals surface area contributed by atoms with Gasteiger partial charge < -0.3 is 15.0 Å². The van der Waals surface area contributed by atoms with Gasteiger partial charge in [0.05, 0.1) is 24.4 Å². The lowest BCUT2D eigenvalue weighted by molar-refractivity contribution is 0.267. The summed E-state index contributed by atoms with van der Waals surface area (Å²) in [6.45, 7) is 6.04. The molecule has 1 aromatic carbocycles. The number of imidazole rings is 1. The normalized spacial score (nSPS) is 11.6. The van der Waals surface area contributed by atoms with E-state index >= 15 is 0 Å². The number of rotatable bonds is 7. The monoisotopic (exact) mass is 345 g/mol. The quantitative estimate of drug-likeness (QED) is 0.641. The van der Waals surface area contributed by atoms with E-state index in [1.165, 1.54) is 6.07 Å². The number of para-hydroxylation sites is 1. The molecule has 0 saturated carbocycles. The van der Waals surface area contributed by atoms with Crippen LogP contribution in [0.5, 0.6) is 0 Å². The Bertz CT molecular complexity index is 883. The molecule has 0 bridgehead atoms. The Hall–Kier alpha value is -2.25. The number of aliphatic hydroxyl groups excluding tert-OH is 1. The average molecular weight is 345 g/mol. The van der Waals surface area contributed by atoms with Gasteiger partial charge in [-0.3, -0.25) is 4.68 Å². The highest BCUT2D eigenvalue weighted by Gasteiger charge is 2.12. The first-order valence-electron chi connectivity index (χ1n) is 8.47. The summed E-state index contributed by atoms with van der Waals surface area (Å²) in [5.41, 5.74) is 4.44. The van der Waals surface area contributed by atoms with Crippen LogP contribution >= 0.6 is 0 Å². The van der Waals surface area contributed by atoms with Crippen LogP contribution in [0.25, 0.3) is 11.0 Å². The van der Waals surface area contributed by atoms with E-state index in [2.05, 4.69) is 15.4 Å². The van der Waals surface area contributed by atoms with Gasteiger partial charge in [0, 0.05) is 37.8 Å². The van der Waals surface area contributed by atoms with E-state index in [-0.39, 0.29) is 12.4 Å². The second kappa shape index (κ2) is 7.33. The Kier molecular flexibility index (Phi) is 5.15. The summed E-state index contributed by atoms with van der Waals surface area (Å²) in [4.78, 5) is 4.42. The van der Waals surface area contributed by atoms with Crippen molar-refractivity contribution in [3.63, 3.8) is 0 Å². The Morgan fingerprint density at radius 1 is 1.28 bits per heavy atom. The first kappa shape index (κ1) is 17.6. The zero-order chi connectivity index (χ0) is 18.0. The Morgan fingerprint density at radius 2 is 2.08 bits per heavy atom. The van der Waals surface area contributed by atoms with Crippen LogP contribution in [0.2, 0.25) is 0 Å². The van der Waals surface area contributed by atoms with Crippen LogP contribution in [0.1, 0.15) is 22.8 Å². The Morgan fingerprint density at radius 3 is 2.80 bits per heavy atom. The number of nitrogens with one attached hydrogen (secondary N) is 1. The molecule has 0 aliphatic carbocycles. The smallest absolute Gasteiger partial charge is 0.151 e. The molecule has 0 radical (unpaired) electrons. The minimum absolute atomic E-state index is 0.0815. The summed E-state index contributed by atoms with van der Waals surface area (Å²) >= 11 is 0. The van der Waals surface area contributed by atoms with Gasteiger partial charge in [0.25, 0.3) is 0 Å². The second-order valence-corrected chi connectivity index (χ2v) is 6.22. The van der Waals surface area contributed by atoms with Gasteiger partial charge in [0.1, 0.15) is 11.3 Å². The van der Waals surface area contributed by atoms with E-state index < -0.39 is 0 Å². The van der Waals surface area contributed by atoms with Crippen molar-refractivity contribution in [3.8, 4) is 0 Å². The molecule has 0 aliphatic rings. The molecule has 0 unspecified atom stereocenters. The van der Waals surface area contributed by atoms with E-state index in [1.807, 2.05) is 36.2 Å². The number of aryl methyl sites for hydroxylation is 2. The van der Waals surface area contributed by atoms with Crippen molar-refractivity contribution in [2.75, 3.05) is 13.2 Å². The third kappa shape index (κ3) is 3.43. The van der Waals surface area contributed by atoms with Crippen LogP contribution in [0.3, 0.4) is 0 Å². The minimum Gasteiger partial charge on any atom is -0.394 e. The molecule has 0 atom stereocenters. The number of benzene rings is 1. The summed E-state index contributed by atoms with van der Waals surface area (Å²) in [5, 5.41) is 16.9. The first-order valence-corrected chi connectivity index (χ1v) is 8.47. The molecule has 2 heterocycles. The van der Waals surface area contributed by atoms with E-state index in [1.54, 1.807) is 6.07 Å². The van der Waals surface area contributed by atoms with Gasteiger partial charge in [-0.15, -0.1) is 0 Å². The van der Waals surface area contributed by atoms with Crippen LogP contribution in [0.4, 0.5) is 4.39 Å². The van der Waals surface area contributed by atoms with Gasteiger partial charge in [-0.2, -0.15) is 5.10 Å². The van der Waals surface area contributed by atoms with Crippen molar-refractivity contribution in [2.24, 2.45) is 7.05 Å². The molecule has 6 nitrogen and oxygen atoms in total. The van der Waals surface area contributed by atoms with Crippen LogP contribution in [0.15, 0.2) is 18.2 Å². The predicted molar refractivity (Wildman–Crippen MR) is 94.9 cm³/mol. The van der Waals surface area contributed by atoms with Crippen molar-refractivity contribution >= 4 is 11.0 Å². The molecule has 2 N–H and O–H groups in total. The fourth-order valence-electron chi connectivity index (χ4n) is 3.17. The van der Waals surface area contributed by atoms with E-state index in [0.29, 0.717) is 25.0 Å². The molecule has 3 rings (SSSR count). The van der Waals surface area contributed by atoms with E-state index in [4.69, 9.17) is 5.11 Å². The van der Waals surface area contributed by atoms with E-state index in [0.717, 1.165) is 34.8 Å². The third-order valence-electron chi connectivity index (χ3n) is 4.63. The summed E-state index contributed by atoms with van der Waals surface area (Å²) in [7, 11) is 1.91. The van der Waals surface area contributed by atoms with Crippen LogP contribution in [0, 0.1) is 19.7 Å². The van der Waals surface area contributed by atoms with Crippen molar-refractivity contribution in [3.05, 3.63) is 46.8 Å². The largest absolute Gasteiger partial charge is 0.394 e. The highest BCUT2D eigenvalue weighted by Crippen LogP contribution is 2.18. The molecule has 2 aromatic heterocycles. The number of hydrogen-bond acceptors (Lipinski definition) is 4. The summed E-state index contributed by atoms with van der Waals surface area (Å²) < 4.78 is 17.6. The average Bonchev–Trinajstić information content (AvgIpc) is 3.04. The molecule has 0 saturated heterocycles. The van der Waals surface area contributed by atoms with Gasteiger partial charge in [-0.1, -0.05) is 6.07 Å². The maximum Gasteiger partial charge on any atom is 0.151 e. The molecular formula is C18H24FN5O. The maximum atomic E-state index is 13.8. The molecule has 0 spiro atoms. The van der Waals surface area contributed by atoms with Gasteiger partial charge in [-0.05, 0) is 26.0 Å². The zero-order valence-corrected chi connectivity index (χ0v) is 14.9. The number of halogens is 1. The summed E-state index contributed by atoms with van der Waals surface area (Å²) in [6, 6.07) is 5.02. The molecule has 7 heteroatoms. The number of aliphatic hydroxyl groups is 1. The molecule has 3 aromatic rings. The molecule has 25 heavy (non-hydrogen) atoms. The number of hydrogen-bond donors (Lipinski definition) is 2. The lowest BCUT2D eigenvalue weighted by Gasteiger charge is -2.07. The van der Waals surface area contributed by atoms with E-state index in [9.17, 15) is 4.39 Å². The topological polar surface area (TPSA) is 67.9 Å². The molecule has 0 amide bonds. The summed E-state index contributed by atoms with van der Waals surface area (Å²) in [5.74, 6) is 0.576. The lowest BCUT2D eigenvalue weighted by atomic mass is 10.2. The van der Waals surface area contributed by atoms with Crippen molar-refractivity contribution in [2.45, 2.75) is 33.4 Å². The third-order valence-corrected chi connectivity index (χ3v) is 4.63. The molecule has 0 fully saturated rings. The van der Waals surface area contributed by atoms with Gasteiger partial charge in [-0.25, -0.2) is 9.37 Å². The standard InChI is InChI=1S/C18H24FN5O/c1-12-14(13(2)24(22-12)9-10-25)11-20-8-7-17-21-18-15(19)5-4-6-16(18)23(17)3/h4-6,20,25H,7-11H2,1-3H3. The zero-order valence-electron chi connectivity index (χ0n) is 14.9. The van der Waals surface area contributed by atoms with Crippen molar-refractivity contribution in [1.29, 1.82) is 0 Å². The number of fused-ring (bicyclic) bond motifs is 1. The summed E-state index contributed by atoms with van der Waals surface area (Å²) in [6.07, 6.45) is 0.716. The van der Waals surface area contributed by atoms with Crippen LogP contribution < -0.4 is 5.32 Å². The van der Waals surface area contributed by atoms with Gasteiger partial charge >= 0.3 is 0 Å². The van der Waals surface area contributed by atoms with Gasteiger partial charge in [0.15, 0.2) is 5.82 Å². The second-order valence-electron chi connectivity index (χ2n) is 6.22. The fraction of sp³-hybridized carbons (Fsp3) is 0.444. The number of aromatic nitrogens is 4. The highest BCUT2D eigenvalue weighted by atomic mass is 19.1. The molecule has 0 aliphatic heterocycles. The Labute approximate surface area is 146 Å². The molecular weight excluding hydrogens is 321 g/mol. The minimum atomic E-state index is -0.283. The fourth-order valence-corrected chi connectivity index (χ4v) is 3.17. The SMILES string of the molecule is Cc1nn(CCO)c(C)c1CNCCc1nc2c(F)cccc2n1C. The predicted octanol–water partition coefficient (Wildman–Crippen LogP) is 1.85. The van der Waals surface area contributed by atoms with Crippen LogP contribution in [-0.2, 0) is 26.6 Å². The lowest BCUT2D eigenvalue weighted by Crippen LogP contribution is -2.19. The van der Waals surface area contributed by atoms with Crippen molar-refractivity contribution in [1.82, 2.24) is 24.6 Å². The molecule has 134 valence electrons. The van der Waals surface area contributed by atoms with Gasteiger partial charge in [0.2, 0.25) is 0 Å². The van der Waals surface area contributed by atoms with Crippen LogP contribution in [-0.4, -0.2) is 37.6 Å².